The van der Waals surface area contributed by atoms with Crippen molar-refractivity contribution in [3.63, 3.8) is 0 Å². The Hall–Kier alpha value is -0.720. The number of rotatable bonds is 3. The Bertz CT molecular complexity index is 578. The molecule has 0 unspecified atom stereocenters. The van der Waals surface area contributed by atoms with E-state index in [4.69, 9.17) is 0 Å². The van der Waals surface area contributed by atoms with Crippen LogP contribution in [0, 0.1) is 13.8 Å². The number of aromatic nitrogens is 3. The third kappa shape index (κ3) is 2.50. The second-order valence-corrected chi connectivity index (χ2v) is 5.77. The van der Waals surface area contributed by atoms with Crippen molar-refractivity contribution in [3.05, 3.63) is 38.2 Å². The molecule has 2 aromatic rings. The number of hydrogen-bond donors (Lipinski definition) is 1. The van der Waals surface area contributed by atoms with E-state index in [1.165, 1.54) is 0 Å². The van der Waals surface area contributed by atoms with Crippen molar-refractivity contribution in [3.8, 4) is 5.82 Å². The van der Waals surface area contributed by atoms with Crippen LogP contribution in [0.1, 0.15) is 17.0 Å². The molecule has 2 heterocycles. The van der Waals surface area contributed by atoms with E-state index >= 15 is 0 Å². The zero-order chi connectivity index (χ0) is 13.3. The molecule has 18 heavy (non-hydrogen) atoms. The first-order valence-corrected chi connectivity index (χ1v) is 7.14. The molecular formula is C12H14Br2N4. The Labute approximate surface area is 123 Å². The smallest absolute Gasteiger partial charge is 0.158 e. The molecule has 0 saturated carbocycles. The first kappa shape index (κ1) is 13.7. The fourth-order valence-electron chi connectivity index (χ4n) is 1.82. The lowest BCUT2D eigenvalue weighted by Gasteiger charge is -2.10. The lowest BCUT2D eigenvalue weighted by Crippen LogP contribution is -2.12. The number of pyridine rings is 1. The summed E-state index contributed by atoms with van der Waals surface area (Å²) >= 11 is 6.99. The highest BCUT2D eigenvalue weighted by Gasteiger charge is 2.14. The van der Waals surface area contributed by atoms with Crippen LogP contribution in [-0.4, -0.2) is 21.8 Å². The molecule has 4 nitrogen and oxygen atoms in total. The second-order valence-electron chi connectivity index (χ2n) is 4.06. The van der Waals surface area contributed by atoms with Crippen LogP contribution in [0.4, 0.5) is 0 Å². The number of aryl methyl sites for hydroxylation is 1. The zero-order valence-electron chi connectivity index (χ0n) is 10.5. The molecule has 0 saturated heterocycles. The van der Waals surface area contributed by atoms with E-state index in [1.54, 1.807) is 6.20 Å². The highest BCUT2D eigenvalue weighted by atomic mass is 79.9. The third-order valence-electron chi connectivity index (χ3n) is 2.68. The van der Waals surface area contributed by atoms with Gasteiger partial charge >= 0.3 is 0 Å². The molecule has 6 heteroatoms. The first-order valence-electron chi connectivity index (χ1n) is 5.55. The van der Waals surface area contributed by atoms with Gasteiger partial charge in [0, 0.05) is 22.8 Å². The normalized spacial score (nSPS) is 10.9. The minimum absolute atomic E-state index is 0.748. The van der Waals surface area contributed by atoms with Crippen LogP contribution in [0.2, 0.25) is 0 Å². The minimum atomic E-state index is 0.748. The molecular weight excluding hydrogens is 360 g/mol. The average Bonchev–Trinajstić information content (AvgIpc) is 2.58. The summed E-state index contributed by atoms with van der Waals surface area (Å²) in [7, 11) is 1.92. The van der Waals surface area contributed by atoms with Gasteiger partial charge in [-0.05, 0) is 58.8 Å². The van der Waals surface area contributed by atoms with Crippen LogP contribution in [-0.2, 0) is 6.54 Å². The molecule has 0 atom stereocenters. The van der Waals surface area contributed by atoms with Gasteiger partial charge in [-0.3, -0.25) is 0 Å². The van der Waals surface area contributed by atoms with Crippen molar-refractivity contribution in [2.45, 2.75) is 20.4 Å². The molecule has 2 rings (SSSR count). The summed E-state index contributed by atoms with van der Waals surface area (Å²) in [5, 5.41) is 7.67. The van der Waals surface area contributed by atoms with E-state index in [0.717, 1.165) is 38.3 Å². The fraction of sp³-hybridized carbons (Fsp3) is 0.333. The quantitative estimate of drug-likeness (QED) is 0.898. The largest absolute Gasteiger partial charge is 0.316 e. The Morgan fingerprint density at radius 3 is 2.61 bits per heavy atom. The highest BCUT2D eigenvalue weighted by Crippen LogP contribution is 2.24. The Kier molecular flexibility index (Phi) is 4.19. The van der Waals surface area contributed by atoms with Gasteiger partial charge in [0.2, 0.25) is 0 Å². The number of nitrogens with one attached hydrogen (secondary N) is 1. The van der Waals surface area contributed by atoms with Crippen LogP contribution in [0.25, 0.3) is 5.82 Å². The molecule has 0 bridgehead atoms. The summed E-state index contributed by atoms with van der Waals surface area (Å²) in [4.78, 5) is 4.48. The maximum atomic E-state index is 4.52. The summed E-state index contributed by atoms with van der Waals surface area (Å²) in [6.07, 6.45) is 1.79. The van der Waals surface area contributed by atoms with Gasteiger partial charge in [-0.1, -0.05) is 0 Å². The summed E-state index contributed by atoms with van der Waals surface area (Å²) in [6, 6.07) is 2.06. The molecule has 1 N–H and O–H groups in total. The van der Waals surface area contributed by atoms with E-state index in [-0.39, 0.29) is 0 Å². The van der Waals surface area contributed by atoms with Gasteiger partial charge in [-0.15, -0.1) is 0 Å². The van der Waals surface area contributed by atoms with Gasteiger partial charge < -0.3 is 5.32 Å². The topological polar surface area (TPSA) is 42.7 Å². The Morgan fingerprint density at radius 1 is 1.33 bits per heavy atom. The fourth-order valence-corrected chi connectivity index (χ4v) is 2.44. The van der Waals surface area contributed by atoms with E-state index in [0.29, 0.717) is 0 Å². The van der Waals surface area contributed by atoms with Gasteiger partial charge in [0.1, 0.15) is 0 Å². The molecule has 0 amide bonds. The molecule has 0 radical (unpaired) electrons. The maximum absolute atomic E-state index is 4.52. The van der Waals surface area contributed by atoms with Gasteiger partial charge in [0.15, 0.2) is 5.82 Å². The standard InChI is InChI=1S/C12H14Br2N4/c1-7-11(14)8(2)18(17-7)12-9(5-15-3)4-10(13)6-16-12/h4,6,15H,5H2,1-3H3. The van der Waals surface area contributed by atoms with Crippen molar-refractivity contribution in [1.82, 2.24) is 20.1 Å². The van der Waals surface area contributed by atoms with Crippen LogP contribution in [0.3, 0.4) is 0 Å². The zero-order valence-corrected chi connectivity index (χ0v) is 13.6. The van der Waals surface area contributed by atoms with Crippen molar-refractivity contribution in [1.29, 1.82) is 0 Å². The number of hydrogen-bond acceptors (Lipinski definition) is 3. The first-order chi connectivity index (χ1) is 8.54. The molecule has 96 valence electrons. The lowest BCUT2D eigenvalue weighted by molar-refractivity contribution is 0.754. The van der Waals surface area contributed by atoms with E-state index in [1.807, 2.05) is 25.6 Å². The molecule has 2 aromatic heterocycles. The van der Waals surface area contributed by atoms with Gasteiger partial charge in [0.05, 0.1) is 15.9 Å². The SMILES string of the molecule is CNCc1cc(Br)cnc1-n1nc(C)c(Br)c1C. The van der Waals surface area contributed by atoms with Crippen molar-refractivity contribution < 1.29 is 0 Å². The third-order valence-corrected chi connectivity index (χ3v) is 4.26. The summed E-state index contributed by atoms with van der Waals surface area (Å²) in [5.41, 5.74) is 3.12. The van der Waals surface area contributed by atoms with Crippen LogP contribution in [0.5, 0.6) is 0 Å². The summed E-state index contributed by atoms with van der Waals surface area (Å²) in [5.74, 6) is 0.860. The average molecular weight is 374 g/mol. The molecule has 0 aliphatic rings. The van der Waals surface area contributed by atoms with Crippen molar-refractivity contribution in [2.75, 3.05) is 7.05 Å². The number of nitrogens with zero attached hydrogens (tertiary/aromatic N) is 3. The molecule has 0 aliphatic heterocycles. The van der Waals surface area contributed by atoms with Crippen LogP contribution < -0.4 is 5.32 Å². The van der Waals surface area contributed by atoms with E-state index in [2.05, 4.69) is 53.3 Å². The maximum Gasteiger partial charge on any atom is 0.158 e. The minimum Gasteiger partial charge on any atom is -0.316 e. The van der Waals surface area contributed by atoms with E-state index < -0.39 is 0 Å². The Balaban J connectivity index is 2.59. The van der Waals surface area contributed by atoms with Crippen molar-refractivity contribution >= 4 is 31.9 Å². The second kappa shape index (κ2) is 5.50. The predicted molar refractivity (Wildman–Crippen MR) is 79.0 cm³/mol. The van der Waals surface area contributed by atoms with Crippen molar-refractivity contribution in [2.24, 2.45) is 0 Å². The summed E-state index contributed by atoms with van der Waals surface area (Å²) in [6.45, 7) is 4.75. The van der Waals surface area contributed by atoms with Gasteiger partial charge in [-0.2, -0.15) is 5.10 Å². The highest BCUT2D eigenvalue weighted by molar-refractivity contribution is 9.10. The molecule has 0 aromatic carbocycles. The lowest BCUT2D eigenvalue weighted by atomic mass is 10.2. The summed E-state index contributed by atoms with van der Waals surface area (Å²) < 4.78 is 3.87. The van der Waals surface area contributed by atoms with Crippen LogP contribution >= 0.6 is 31.9 Å². The van der Waals surface area contributed by atoms with Gasteiger partial charge in [-0.25, -0.2) is 9.67 Å². The number of halogens is 2. The van der Waals surface area contributed by atoms with Gasteiger partial charge in [0.25, 0.3) is 0 Å². The molecule has 0 fully saturated rings. The monoisotopic (exact) mass is 372 g/mol. The predicted octanol–water partition coefficient (Wildman–Crippen LogP) is 3.13. The Morgan fingerprint density at radius 2 is 2.06 bits per heavy atom. The van der Waals surface area contributed by atoms with E-state index in [9.17, 15) is 0 Å². The molecule has 0 aliphatic carbocycles. The van der Waals surface area contributed by atoms with Crippen LogP contribution in [0.15, 0.2) is 21.2 Å². The molecule has 0 spiro atoms.